The summed E-state index contributed by atoms with van der Waals surface area (Å²) in [7, 11) is 1.40. The average Bonchev–Trinajstić information content (AvgIpc) is 3.07. The summed E-state index contributed by atoms with van der Waals surface area (Å²) >= 11 is 0. The fourth-order valence-corrected chi connectivity index (χ4v) is 3.33. The third-order valence-electron chi connectivity index (χ3n) is 4.76. The number of methoxy groups -OCH3 is 1. The van der Waals surface area contributed by atoms with Gasteiger partial charge in [-0.3, -0.25) is 15.0 Å². The second-order valence-corrected chi connectivity index (χ2v) is 6.88. The van der Waals surface area contributed by atoms with Gasteiger partial charge in [0.1, 0.15) is 6.61 Å². The zero-order valence-electron chi connectivity index (χ0n) is 16.6. The molecule has 3 aromatic heterocycles. The predicted molar refractivity (Wildman–Crippen MR) is 110 cm³/mol. The quantitative estimate of drug-likeness (QED) is 0.517. The van der Waals surface area contributed by atoms with Gasteiger partial charge >= 0.3 is 0 Å². The van der Waals surface area contributed by atoms with E-state index < -0.39 is 11.5 Å². The van der Waals surface area contributed by atoms with Crippen molar-refractivity contribution in [2.45, 2.75) is 6.42 Å². The molecule has 0 saturated heterocycles. The van der Waals surface area contributed by atoms with Gasteiger partial charge in [0.15, 0.2) is 17.3 Å². The first-order valence-corrected chi connectivity index (χ1v) is 9.60. The number of hydrogen-bond acceptors (Lipinski definition) is 8. The minimum Gasteiger partial charge on any atom is -0.490 e. The molecule has 1 N–H and O–H groups in total. The van der Waals surface area contributed by atoms with E-state index in [4.69, 9.17) is 14.2 Å². The van der Waals surface area contributed by atoms with Gasteiger partial charge in [-0.1, -0.05) is 0 Å². The number of amides is 1. The minimum atomic E-state index is -0.449. The van der Waals surface area contributed by atoms with Gasteiger partial charge in [0.05, 0.1) is 24.1 Å². The van der Waals surface area contributed by atoms with Crippen LogP contribution in [0.25, 0.3) is 28.1 Å². The maximum atomic E-state index is 12.8. The third-order valence-corrected chi connectivity index (χ3v) is 4.76. The summed E-state index contributed by atoms with van der Waals surface area (Å²) in [6.07, 6.45) is 3.68. The Kier molecular flexibility index (Phi) is 4.71. The lowest BCUT2D eigenvalue weighted by molar-refractivity contribution is -0.120. The molecule has 1 aliphatic heterocycles. The van der Waals surface area contributed by atoms with Crippen LogP contribution in [0, 0.1) is 0 Å². The number of nitrogens with one attached hydrogen (secondary N) is 1. The van der Waals surface area contributed by atoms with Crippen molar-refractivity contribution in [2.24, 2.45) is 0 Å². The Hall–Kier alpha value is -3.99. The first-order valence-electron chi connectivity index (χ1n) is 9.60. The summed E-state index contributed by atoms with van der Waals surface area (Å²) in [4.78, 5) is 33.2. The number of aromatic nitrogens is 5. The van der Waals surface area contributed by atoms with Crippen LogP contribution < -0.4 is 20.5 Å². The maximum absolute atomic E-state index is 12.8. The van der Waals surface area contributed by atoms with Crippen LogP contribution in [-0.2, 0) is 9.53 Å². The van der Waals surface area contributed by atoms with Gasteiger partial charge in [-0.25, -0.2) is 9.66 Å². The first-order chi connectivity index (χ1) is 15.1. The van der Waals surface area contributed by atoms with Gasteiger partial charge in [-0.2, -0.15) is 9.50 Å². The lowest BCUT2D eigenvalue weighted by Crippen LogP contribution is -2.34. The highest BCUT2D eigenvalue weighted by Crippen LogP contribution is 2.33. The van der Waals surface area contributed by atoms with Gasteiger partial charge in [-0.15, -0.1) is 5.10 Å². The van der Waals surface area contributed by atoms with E-state index in [9.17, 15) is 9.59 Å². The molecular weight excluding hydrogens is 404 g/mol. The molecule has 0 bridgehead atoms. The molecule has 1 amide bonds. The van der Waals surface area contributed by atoms with Gasteiger partial charge in [0.25, 0.3) is 17.2 Å². The Balaban J connectivity index is 1.56. The van der Waals surface area contributed by atoms with E-state index in [1.54, 1.807) is 6.07 Å². The Labute approximate surface area is 175 Å². The molecular formula is C20H18N6O5. The average molecular weight is 422 g/mol. The molecule has 0 saturated carbocycles. The number of rotatable bonds is 4. The number of carbonyl (C=O) groups is 1. The van der Waals surface area contributed by atoms with Crippen molar-refractivity contribution < 1.29 is 19.0 Å². The van der Waals surface area contributed by atoms with E-state index in [1.807, 2.05) is 18.2 Å². The molecule has 0 fully saturated rings. The van der Waals surface area contributed by atoms with Crippen LogP contribution in [0.15, 0.2) is 41.5 Å². The smallest absolute Gasteiger partial charge is 0.280 e. The van der Waals surface area contributed by atoms with E-state index in [-0.39, 0.29) is 12.0 Å². The monoisotopic (exact) mass is 422 g/mol. The van der Waals surface area contributed by atoms with E-state index in [1.165, 1.54) is 24.0 Å². The number of benzene rings is 1. The van der Waals surface area contributed by atoms with E-state index in [0.29, 0.717) is 41.8 Å². The SMILES string of the molecule is COCC(=O)Nn1ccc2c(cnc3nc(-c4ccc5c(c4)OCCCO5)nn32)c1=O. The molecule has 4 aromatic rings. The van der Waals surface area contributed by atoms with E-state index in [2.05, 4.69) is 20.5 Å². The van der Waals surface area contributed by atoms with Gasteiger partial charge in [0, 0.05) is 31.5 Å². The predicted octanol–water partition coefficient (Wildman–Crippen LogP) is 0.984. The van der Waals surface area contributed by atoms with Crippen LogP contribution >= 0.6 is 0 Å². The van der Waals surface area contributed by atoms with Crippen molar-refractivity contribution in [3.63, 3.8) is 0 Å². The molecule has 0 radical (unpaired) electrons. The highest BCUT2D eigenvalue weighted by Gasteiger charge is 2.16. The fourth-order valence-electron chi connectivity index (χ4n) is 3.33. The van der Waals surface area contributed by atoms with Crippen LogP contribution in [0.3, 0.4) is 0 Å². The summed E-state index contributed by atoms with van der Waals surface area (Å²) in [5, 5.41) is 4.82. The summed E-state index contributed by atoms with van der Waals surface area (Å²) in [5.74, 6) is 1.66. The molecule has 31 heavy (non-hydrogen) atoms. The number of pyridine rings is 1. The lowest BCUT2D eigenvalue weighted by atomic mass is 10.2. The minimum absolute atomic E-state index is 0.163. The Morgan fingerprint density at radius 1 is 1.23 bits per heavy atom. The van der Waals surface area contributed by atoms with Crippen LogP contribution in [-0.4, -0.2) is 57.1 Å². The number of nitrogens with zero attached hydrogens (tertiary/aromatic N) is 5. The van der Waals surface area contributed by atoms with Crippen LogP contribution in [0.2, 0.25) is 0 Å². The van der Waals surface area contributed by atoms with Crippen molar-refractivity contribution >= 4 is 22.6 Å². The summed E-state index contributed by atoms with van der Waals surface area (Å²) < 4.78 is 18.8. The maximum Gasteiger partial charge on any atom is 0.280 e. The second kappa shape index (κ2) is 7.69. The summed E-state index contributed by atoms with van der Waals surface area (Å²) in [6, 6.07) is 7.16. The molecule has 11 heteroatoms. The largest absolute Gasteiger partial charge is 0.490 e. The summed E-state index contributed by atoms with van der Waals surface area (Å²) in [5.41, 5.74) is 3.27. The van der Waals surface area contributed by atoms with Crippen LogP contribution in [0.1, 0.15) is 6.42 Å². The molecule has 11 nitrogen and oxygen atoms in total. The Bertz CT molecular complexity index is 1360. The molecule has 0 aliphatic carbocycles. The highest BCUT2D eigenvalue weighted by atomic mass is 16.5. The molecule has 158 valence electrons. The molecule has 5 rings (SSSR count). The molecule has 1 aliphatic rings. The molecule has 1 aromatic carbocycles. The Morgan fingerprint density at radius 2 is 2.06 bits per heavy atom. The highest BCUT2D eigenvalue weighted by molar-refractivity contribution is 5.85. The van der Waals surface area contributed by atoms with E-state index in [0.717, 1.165) is 16.7 Å². The van der Waals surface area contributed by atoms with Gasteiger partial charge in [0.2, 0.25) is 0 Å². The zero-order chi connectivity index (χ0) is 21.4. The molecule has 0 spiro atoms. The normalized spacial score (nSPS) is 13.3. The van der Waals surface area contributed by atoms with Crippen molar-refractivity contribution in [2.75, 3.05) is 32.4 Å². The van der Waals surface area contributed by atoms with Crippen LogP contribution in [0.4, 0.5) is 0 Å². The standard InChI is InChI=1S/C20H18N6O5/c1-29-11-17(27)23-25-6-5-14-13(19(25)28)10-21-20-22-18(24-26(14)20)12-3-4-15-16(9-12)31-8-2-7-30-15/h3-6,9-10H,2,7-8,11H2,1H3,(H,23,27). The molecule has 0 atom stereocenters. The number of fused-ring (bicyclic) bond motifs is 4. The third kappa shape index (κ3) is 3.44. The molecule has 0 unspecified atom stereocenters. The number of hydrogen-bond donors (Lipinski definition) is 1. The van der Waals surface area contributed by atoms with Crippen molar-refractivity contribution in [1.82, 2.24) is 24.3 Å². The molecule has 4 heterocycles. The van der Waals surface area contributed by atoms with Crippen molar-refractivity contribution in [3.05, 3.63) is 47.0 Å². The van der Waals surface area contributed by atoms with Crippen molar-refractivity contribution in [3.8, 4) is 22.9 Å². The number of carbonyl (C=O) groups excluding carboxylic acids is 1. The zero-order valence-corrected chi connectivity index (χ0v) is 16.6. The second-order valence-electron chi connectivity index (χ2n) is 6.88. The van der Waals surface area contributed by atoms with Gasteiger partial charge in [-0.05, 0) is 24.3 Å². The van der Waals surface area contributed by atoms with Gasteiger partial charge < -0.3 is 14.2 Å². The first kappa shape index (κ1) is 19.0. The fraction of sp³-hybridized carbons (Fsp3) is 0.250. The Morgan fingerprint density at radius 3 is 2.90 bits per heavy atom. The summed E-state index contributed by atoms with van der Waals surface area (Å²) in [6.45, 7) is 1.02. The topological polar surface area (TPSA) is 122 Å². The van der Waals surface area contributed by atoms with E-state index >= 15 is 0 Å². The van der Waals surface area contributed by atoms with Crippen LogP contribution in [0.5, 0.6) is 11.5 Å². The lowest BCUT2D eigenvalue weighted by Gasteiger charge is -2.08. The van der Waals surface area contributed by atoms with Crippen molar-refractivity contribution in [1.29, 1.82) is 0 Å². The number of ether oxygens (including phenoxy) is 3.